The van der Waals surface area contributed by atoms with Gasteiger partial charge >= 0.3 is 0 Å². The first-order chi connectivity index (χ1) is 11.2. The molecule has 1 aromatic carbocycles. The van der Waals surface area contributed by atoms with E-state index in [0.29, 0.717) is 11.6 Å². The van der Waals surface area contributed by atoms with Crippen LogP contribution in [-0.4, -0.2) is 42.3 Å². The zero-order valence-corrected chi connectivity index (χ0v) is 17.0. The standard InChI is InChI=1S/C16H19BrN2O3S2/c1-4-14(20)18-16-19(12-7-24(21,22)8-13(12)23-16)15-9(2)5-11(17)6-10(15)3/h5-6,12-13H,4,7-8H2,1-3H3. The number of aliphatic imine (C=N–C) groups is 1. The highest BCUT2D eigenvalue weighted by Crippen LogP contribution is 2.43. The zero-order chi connectivity index (χ0) is 17.6. The van der Waals surface area contributed by atoms with Gasteiger partial charge in [0.15, 0.2) is 15.0 Å². The minimum atomic E-state index is -3.05. The summed E-state index contributed by atoms with van der Waals surface area (Å²) in [5.41, 5.74) is 3.02. The number of sulfone groups is 1. The molecule has 1 aromatic rings. The molecule has 8 heteroatoms. The van der Waals surface area contributed by atoms with Crippen molar-refractivity contribution in [1.82, 2.24) is 0 Å². The first-order valence-electron chi connectivity index (χ1n) is 7.76. The van der Waals surface area contributed by atoms with E-state index in [1.807, 2.05) is 30.9 Å². The number of aryl methyl sites for hydroxylation is 2. The summed E-state index contributed by atoms with van der Waals surface area (Å²) >= 11 is 4.91. The summed E-state index contributed by atoms with van der Waals surface area (Å²) in [5.74, 6) is 0.0731. The lowest BCUT2D eigenvalue weighted by Crippen LogP contribution is -2.38. The maximum Gasteiger partial charge on any atom is 0.247 e. The number of hydrogen-bond acceptors (Lipinski definition) is 4. The smallest absolute Gasteiger partial charge is 0.247 e. The number of fused-ring (bicyclic) bond motifs is 1. The SMILES string of the molecule is CCC(=O)N=C1SC2CS(=O)(=O)CC2N1c1c(C)cc(Br)cc1C. The van der Waals surface area contributed by atoms with E-state index in [1.165, 1.54) is 11.8 Å². The van der Waals surface area contributed by atoms with E-state index in [9.17, 15) is 13.2 Å². The van der Waals surface area contributed by atoms with Crippen LogP contribution in [0.4, 0.5) is 5.69 Å². The molecule has 0 bridgehead atoms. The van der Waals surface area contributed by atoms with Gasteiger partial charge in [-0.05, 0) is 37.1 Å². The molecular formula is C16H19BrN2O3S2. The summed E-state index contributed by atoms with van der Waals surface area (Å²) < 4.78 is 25.1. The zero-order valence-electron chi connectivity index (χ0n) is 13.7. The molecule has 0 radical (unpaired) electrons. The van der Waals surface area contributed by atoms with Crippen LogP contribution in [0.1, 0.15) is 24.5 Å². The van der Waals surface area contributed by atoms with Crippen LogP contribution in [0.5, 0.6) is 0 Å². The lowest BCUT2D eigenvalue weighted by molar-refractivity contribution is -0.117. The van der Waals surface area contributed by atoms with E-state index in [-0.39, 0.29) is 28.7 Å². The number of carbonyl (C=O) groups is 1. The lowest BCUT2D eigenvalue weighted by atomic mass is 10.1. The Morgan fingerprint density at radius 3 is 2.54 bits per heavy atom. The van der Waals surface area contributed by atoms with Gasteiger partial charge in [0.1, 0.15) is 0 Å². The normalized spacial score (nSPS) is 26.8. The highest BCUT2D eigenvalue weighted by atomic mass is 79.9. The summed E-state index contributed by atoms with van der Waals surface area (Å²) in [5, 5.41) is 0.557. The van der Waals surface area contributed by atoms with Gasteiger partial charge in [-0.3, -0.25) is 4.79 Å². The molecule has 1 amide bonds. The predicted octanol–water partition coefficient (Wildman–Crippen LogP) is 3.08. The van der Waals surface area contributed by atoms with Crippen LogP contribution in [0.3, 0.4) is 0 Å². The van der Waals surface area contributed by atoms with Crippen LogP contribution in [0.2, 0.25) is 0 Å². The maximum absolute atomic E-state index is 12.1. The lowest BCUT2D eigenvalue weighted by Gasteiger charge is -2.28. The minimum absolute atomic E-state index is 0.0687. The number of rotatable bonds is 2. The van der Waals surface area contributed by atoms with E-state index < -0.39 is 9.84 Å². The highest BCUT2D eigenvalue weighted by molar-refractivity contribution is 9.10. The summed E-state index contributed by atoms with van der Waals surface area (Å²) in [6, 6.07) is 3.84. The monoisotopic (exact) mass is 430 g/mol. The van der Waals surface area contributed by atoms with Gasteiger partial charge in [0.05, 0.1) is 17.5 Å². The van der Waals surface area contributed by atoms with Gasteiger partial charge in [0, 0.05) is 21.8 Å². The molecule has 0 saturated carbocycles. The molecule has 0 spiro atoms. The number of thioether (sulfide) groups is 1. The van der Waals surface area contributed by atoms with Crippen molar-refractivity contribution in [2.75, 3.05) is 16.4 Å². The van der Waals surface area contributed by atoms with Crippen molar-refractivity contribution in [2.45, 2.75) is 38.5 Å². The molecule has 2 aliphatic heterocycles. The molecule has 2 heterocycles. The van der Waals surface area contributed by atoms with Crippen molar-refractivity contribution >= 4 is 54.3 Å². The van der Waals surface area contributed by atoms with Gasteiger partial charge in [-0.15, -0.1) is 0 Å². The molecule has 2 fully saturated rings. The third-order valence-corrected chi connectivity index (χ3v) is 7.95. The molecule has 5 nitrogen and oxygen atoms in total. The average Bonchev–Trinajstić information content (AvgIpc) is 2.90. The molecule has 2 aliphatic rings. The molecule has 2 saturated heterocycles. The molecule has 3 rings (SSSR count). The molecule has 2 unspecified atom stereocenters. The summed E-state index contributed by atoms with van der Waals surface area (Å²) in [6.07, 6.45) is 0.337. The Labute approximate surface area is 155 Å². The van der Waals surface area contributed by atoms with Crippen LogP contribution < -0.4 is 4.90 Å². The Morgan fingerprint density at radius 1 is 1.33 bits per heavy atom. The third kappa shape index (κ3) is 3.28. The van der Waals surface area contributed by atoms with Crippen molar-refractivity contribution in [1.29, 1.82) is 0 Å². The number of amides is 1. The van der Waals surface area contributed by atoms with Crippen molar-refractivity contribution in [3.63, 3.8) is 0 Å². The van der Waals surface area contributed by atoms with Crippen LogP contribution in [0.25, 0.3) is 0 Å². The Bertz CT molecular complexity index is 813. The summed E-state index contributed by atoms with van der Waals surface area (Å²) in [7, 11) is -3.05. The van der Waals surface area contributed by atoms with E-state index >= 15 is 0 Å². The van der Waals surface area contributed by atoms with Gasteiger partial charge in [-0.1, -0.05) is 34.6 Å². The molecule has 0 aliphatic carbocycles. The first-order valence-corrected chi connectivity index (χ1v) is 11.3. The predicted molar refractivity (Wildman–Crippen MR) is 103 cm³/mol. The Morgan fingerprint density at radius 2 is 1.96 bits per heavy atom. The summed E-state index contributed by atoms with van der Waals surface area (Å²) in [6.45, 7) is 5.76. The number of benzene rings is 1. The van der Waals surface area contributed by atoms with Crippen LogP contribution in [0.15, 0.2) is 21.6 Å². The Kier molecular flexibility index (Phi) is 4.83. The number of carbonyl (C=O) groups excluding carboxylic acids is 1. The quantitative estimate of drug-likeness (QED) is 0.720. The fourth-order valence-electron chi connectivity index (χ4n) is 3.29. The van der Waals surface area contributed by atoms with Gasteiger partial charge in [-0.25, -0.2) is 8.42 Å². The number of nitrogens with zero attached hydrogens (tertiary/aromatic N) is 2. The second kappa shape index (κ2) is 6.46. The Hall–Kier alpha value is -0.860. The summed E-state index contributed by atoms with van der Waals surface area (Å²) in [4.78, 5) is 18.1. The van der Waals surface area contributed by atoms with E-state index in [1.54, 1.807) is 6.92 Å². The van der Waals surface area contributed by atoms with Crippen LogP contribution >= 0.6 is 27.7 Å². The molecule has 24 heavy (non-hydrogen) atoms. The molecule has 0 aromatic heterocycles. The number of halogens is 1. The van der Waals surface area contributed by atoms with Crippen LogP contribution in [-0.2, 0) is 14.6 Å². The Balaban J connectivity index is 2.12. The maximum atomic E-state index is 12.1. The van der Waals surface area contributed by atoms with E-state index in [4.69, 9.17) is 0 Å². The van der Waals surface area contributed by atoms with Gasteiger partial charge in [0.2, 0.25) is 5.91 Å². The number of anilines is 1. The number of hydrogen-bond donors (Lipinski definition) is 0. The van der Waals surface area contributed by atoms with E-state index in [0.717, 1.165) is 21.3 Å². The largest absolute Gasteiger partial charge is 0.315 e. The number of amidine groups is 1. The minimum Gasteiger partial charge on any atom is -0.315 e. The first kappa shape index (κ1) is 17.9. The second-order valence-corrected chi connectivity index (χ2v) is 10.5. The van der Waals surface area contributed by atoms with Gasteiger partial charge in [0.25, 0.3) is 0 Å². The fourth-order valence-corrected chi connectivity index (χ4v) is 7.90. The van der Waals surface area contributed by atoms with Crippen molar-refractivity contribution in [2.24, 2.45) is 4.99 Å². The van der Waals surface area contributed by atoms with Gasteiger partial charge < -0.3 is 4.90 Å². The second-order valence-electron chi connectivity index (χ2n) is 6.20. The van der Waals surface area contributed by atoms with E-state index in [2.05, 4.69) is 20.9 Å². The average molecular weight is 431 g/mol. The van der Waals surface area contributed by atoms with Crippen molar-refractivity contribution in [3.8, 4) is 0 Å². The molecular weight excluding hydrogens is 412 g/mol. The molecule has 2 atom stereocenters. The van der Waals surface area contributed by atoms with Gasteiger partial charge in [-0.2, -0.15) is 4.99 Å². The van der Waals surface area contributed by atoms with Crippen LogP contribution in [0, 0.1) is 13.8 Å². The van der Waals surface area contributed by atoms with Crippen molar-refractivity contribution < 1.29 is 13.2 Å². The van der Waals surface area contributed by atoms with Crippen molar-refractivity contribution in [3.05, 3.63) is 27.7 Å². The molecule has 0 N–H and O–H groups in total. The topological polar surface area (TPSA) is 66.8 Å². The fraction of sp³-hybridized carbons (Fsp3) is 0.500. The highest BCUT2D eigenvalue weighted by Gasteiger charge is 2.49. The third-order valence-electron chi connectivity index (χ3n) is 4.29. The molecule has 130 valence electrons.